The van der Waals surface area contributed by atoms with Crippen LogP contribution in [0.4, 0.5) is 5.69 Å². The maximum absolute atomic E-state index is 12.9. The molecule has 1 saturated heterocycles. The van der Waals surface area contributed by atoms with Crippen molar-refractivity contribution >= 4 is 33.4 Å². The van der Waals surface area contributed by atoms with Gasteiger partial charge in [0.15, 0.2) is 0 Å². The van der Waals surface area contributed by atoms with Crippen LogP contribution in [0.1, 0.15) is 12.5 Å². The standard InChI is InChI=1S/C20H26N4O3S2/c1-2-23-9-11-24(12-10-23)29(26,27)19-7-3-6-18(13-19)22-20(25)16-28-15-17-5-4-8-21-14-17/h3-8,13-14H,2,9-12,15-16H2,1H3,(H,22,25). The lowest BCUT2D eigenvalue weighted by Crippen LogP contribution is -2.48. The van der Waals surface area contributed by atoms with Gasteiger partial charge in [-0.2, -0.15) is 4.31 Å². The molecule has 0 radical (unpaired) electrons. The maximum atomic E-state index is 12.9. The van der Waals surface area contributed by atoms with Gasteiger partial charge in [-0.1, -0.05) is 19.1 Å². The zero-order valence-corrected chi connectivity index (χ0v) is 18.1. The van der Waals surface area contributed by atoms with E-state index in [2.05, 4.69) is 22.1 Å². The fraction of sp³-hybridized carbons (Fsp3) is 0.400. The van der Waals surface area contributed by atoms with E-state index in [1.165, 1.54) is 22.1 Å². The van der Waals surface area contributed by atoms with Crippen molar-refractivity contribution in [2.45, 2.75) is 17.6 Å². The van der Waals surface area contributed by atoms with Crippen LogP contribution in [0.2, 0.25) is 0 Å². The van der Waals surface area contributed by atoms with E-state index in [0.29, 0.717) is 24.5 Å². The highest BCUT2D eigenvalue weighted by Gasteiger charge is 2.28. The zero-order valence-electron chi connectivity index (χ0n) is 16.5. The molecule has 2 aromatic rings. The van der Waals surface area contributed by atoms with Crippen molar-refractivity contribution in [2.24, 2.45) is 0 Å². The zero-order chi connectivity index (χ0) is 20.7. The summed E-state index contributed by atoms with van der Waals surface area (Å²) in [6.45, 7) is 5.44. The number of hydrogen-bond donors (Lipinski definition) is 1. The van der Waals surface area contributed by atoms with Gasteiger partial charge in [0.05, 0.1) is 10.6 Å². The number of anilines is 1. The first-order valence-electron chi connectivity index (χ1n) is 9.58. The van der Waals surface area contributed by atoms with Crippen LogP contribution in [0.5, 0.6) is 0 Å². The van der Waals surface area contributed by atoms with E-state index in [-0.39, 0.29) is 16.6 Å². The van der Waals surface area contributed by atoms with Gasteiger partial charge in [0.2, 0.25) is 15.9 Å². The Labute approximate surface area is 176 Å². The fourth-order valence-corrected chi connectivity index (χ4v) is 5.35. The van der Waals surface area contributed by atoms with E-state index in [0.717, 1.165) is 25.2 Å². The van der Waals surface area contributed by atoms with E-state index in [9.17, 15) is 13.2 Å². The molecule has 3 rings (SSSR count). The lowest BCUT2D eigenvalue weighted by atomic mass is 10.3. The molecule has 9 heteroatoms. The lowest BCUT2D eigenvalue weighted by Gasteiger charge is -2.33. The van der Waals surface area contributed by atoms with Gasteiger partial charge in [0.1, 0.15) is 0 Å². The van der Waals surface area contributed by atoms with Crippen LogP contribution in [-0.4, -0.2) is 67.0 Å². The Bertz CT molecular complexity index is 914. The predicted molar refractivity (Wildman–Crippen MR) is 116 cm³/mol. The average Bonchev–Trinajstić information content (AvgIpc) is 2.75. The quantitative estimate of drug-likeness (QED) is 0.686. The molecule has 0 bridgehead atoms. The second kappa shape index (κ2) is 10.2. The lowest BCUT2D eigenvalue weighted by molar-refractivity contribution is -0.113. The van der Waals surface area contributed by atoms with E-state index in [1.807, 2.05) is 12.1 Å². The number of piperazine rings is 1. The number of thioether (sulfide) groups is 1. The predicted octanol–water partition coefficient (Wildman–Crippen LogP) is 2.28. The van der Waals surface area contributed by atoms with Crippen LogP contribution >= 0.6 is 11.8 Å². The fourth-order valence-electron chi connectivity index (χ4n) is 3.11. The molecule has 0 atom stereocenters. The number of benzene rings is 1. The van der Waals surface area contributed by atoms with Crippen molar-refractivity contribution in [1.29, 1.82) is 0 Å². The maximum Gasteiger partial charge on any atom is 0.243 e. The summed E-state index contributed by atoms with van der Waals surface area (Å²) in [4.78, 5) is 18.7. The van der Waals surface area contributed by atoms with E-state index in [4.69, 9.17) is 0 Å². The van der Waals surface area contributed by atoms with Crippen LogP contribution in [0.3, 0.4) is 0 Å². The molecule has 1 fully saturated rings. The minimum absolute atomic E-state index is 0.162. The van der Waals surface area contributed by atoms with Gasteiger partial charge in [-0.05, 0) is 36.4 Å². The summed E-state index contributed by atoms with van der Waals surface area (Å²) in [5.41, 5.74) is 1.55. The Morgan fingerprint density at radius 3 is 2.66 bits per heavy atom. The van der Waals surface area contributed by atoms with Crippen LogP contribution in [0.15, 0.2) is 53.7 Å². The molecule has 1 aliphatic rings. The summed E-state index contributed by atoms with van der Waals surface area (Å²) in [7, 11) is -3.56. The highest BCUT2D eigenvalue weighted by Crippen LogP contribution is 2.21. The van der Waals surface area contributed by atoms with Crippen LogP contribution < -0.4 is 5.32 Å². The molecule has 0 spiro atoms. The number of sulfonamides is 1. The van der Waals surface area contributed by atoms with Crippen LogP contribution in [-0.2, 0) is 20.6 Å². The summed E-state index contributed by atoms with van der Waals surface area (Å²) in [6.07, 6.45) is 3.49. The number of nitrogens with zero attached hydrogens (tertiary/aromatic N) is 3. The Balaban J connectivity index is 1.56. The number of rotatable bonds is 8. The third-order valence-corrected chi connectivity index (χ3v) is 7.66. The summed E-state index contributed by atoms with van der Waals surface area (Å²) >= 11 is 1.49. The number of nitrogens with one attached hydrogen (secondary N) is 1. The average molecular weight is 435 g/mol. The van der Waals surface area contributed by atoms with Gasteiger partial charge in [0.25, 0.3) is 0 Å². The summed E-state index contributed by atoms with van der Waals surface area (Å²) < 4.78 is 27.4. The Morgan fingerprint density at radius 2 is 1.97 bits per heavy atom. The number of carbonyl (C=O) groups is 1. The molecule has 1 aliphatic heterocycles. The Hall–Kier alpha value is -1.94. The van der Waals surface area contributed by atoms with Gasteiger partial charge in [-0.25, -0.2) is 8.42 Å². The molecule has 1 aromatic heterocycles. The van der Waals surface area contributed by atoms with Crippen molar-refractivity contribution in [1.82, 2.24) is 14.2 Å². The minimum Gasteiger partial charge on any atom is -0.325 e. The van der Waals surface area contributed by atoms with Crippen LogP contribution in [0.25, 0.3) is 0 Å². The topological polar surface area (TPSA) is 82.6 Å². The first-order valence-corrected chi connectivity index (χ1v) is 12.2. The molecular formula is C20H26N4O3S2. The van der Waals surface area contributed by atoms with Gasteiger partial charge in [-0.15, -0.1) is 11.8 Å². The van der Waals surface area contributed by atoms with Crippen molar-refractivity contribution < 1.29 is 13.2 Å². The molecule has 2 heterocycles. The Kier molecular flexibility index (Phi) is 7.65. The van der Waals surface area contributed by atoms with Crippen molar-refractivity contribution in [3.8, 4) is 0 Å². The van der Waals surface area contributed by atoms with Gasteiger partial charge < -0.3 is 10.2 Å². The molecule has 0 unspecified atom stereocenters. The normalized spacial score (nSPS) is 15.9. The minimum atomic E-state index is -3.56. The summed E-state index contributed by atoms with van der Waals surface area (Å²) in [5, 5.41) is 2.79. The summed E-state index contributed by atoms with van der Waals surface area (Å²) in [5.74, 6) is 0.814. The number of aromatic nitrogens is 1. The van der Waals surface area contributed by atoms with Gasteiger partial charge in [0, 0.05) is 50.0 Å². The van der Waals surface area contributed by atoms with Gasteiger partial charge >= 0.3 is 0 Å². The first-order chi connectivity index (χ1) is 14.0. The summed E-state index contributed by atoms with van der Waals surface area (Å²) in [6, 6.07) is 10.3. The highest BCUT2D eigenvalue weighted by molar-refractivity contribution is 7.99. The van der Waals surface area contributed by atoms with Crippen molar-refractivity contribution in [3.05, 3.63) is 54.4 Å². The van der Waals surface area contributed by atoms with Gasteiger partial charge in [-0.3, -0.25) is 9.78 Å². The number of amides is 1. The molecule has 156 valence electrons. The molecule has 1 N–H and O–H groups in total. The number of likely N-dealkylation sites (N-methyl/N-ethyl adjacent to an activating group) is 1. The molecule has 1 aromatic carbocycles. The second-order valence-corrected chi connectivity index (χ2v) is 9.69. The third-order valence-electron chi connectivity index (χ3n) is 4.76. The largest absolute Gasteiger partial charge is 0.325 e. The third kappa shape index (κ3) is 6.02. The first kappa shape index (κ1) is 21.8. The second-order valence-electron chi connectivity index (χ2n) is 6.77. The van der Waals surface area contributed by atoms with Crippen LogP contribution in [0, 0.1) is 0 Å². The van der Waals surface area contributed by atoms with E-state index < -0.39 is 10.0 Å². The molecule has 0 saturated carbocycles. The Morgan fingerprint density at radius 1 is 1.17 bits per heavy atom. The smallest absolute Gasteiger partial charge is 0.243 e. The molecule has 29 heavy (non-hydrogen) atoms. The van der Waals surface area contributed by atoms with E-state index >= 15 is 0 Å². The highest BCUT2D eigenvalue weighted by atomic mass is 32.2. The number of carbonyl (C=O) groups excluding carboxylic acids is 1. The number of pyridine rings is 1. The van der Waals surface area contributed by atoms with E-state index in [1.54, 1.807) is 30.6 Å². The van der Waals surface area contributed by atoms with Crippen molar-refractivity contribution in [2.75, 3.05) is 43.8 Å². The molecule has 0 aliphatic carbocycles. The van der Waals surface area contributed by atoms with Crippen molar-refractivity contribution in [3.63, 3.8) is 0 Å². The monoisotopic (exact) mass is 434 g/mol. The molecule has 7 nitrogen and oxygen atoms in total. The number of hydrogen-bond acceptors (Lipinski definition) is 6. The molecular weight excluding hydrogens is 408 g/mol. The SMILES string of the molecule is CCN1CCN(S(=O)(=O)c2cccc(NC(=O)CSCc3cccnc3)c2)CC1. The molecule has 1 amide bonds.